The highest BCUT2D eigenvalue weighted by Crippen LogP contribution is 2.26. The lowest BCUT2D eigenvalue weighted by atomic mass is 10.1. The van der Waals surface area contributed by atoms with Gasteiger partial charge in [0.25, 0.3) is 0 Å². The highest BCUT2D eigenvalue weighted by Gasteiger charge is 2.34. The number of carbonyl (C=O) groups is 2. The summed E-state index contributed by atoms with van der Waals surface area (Å²) in [6.45, 7) is 0.223. The first-order valence-corrected chi connectivity index (χ1v) is 5.94. The van der Waals surface area contributed by atoms with E-state index < -0.39 is 11.8 Å². The van der Waals surface area contributed by atoms with Crippen molar-refractivity contribution in [1.82, 2.24) is 9.97 Å². The fourth-order valence-electron chi connectivity index (χ4n) is 1.59. The van der Waals surface area contributed by atoms with Gasteiger partial charge in [-0.1, -0.05) is 11.6 Å². The molecule has 1 aromatic rings. The number of rotatable bonds is 2. The molecule has 1 unspecified atom stereocenters. The maximum Gasteiger partial charge on any atom is 0.229 e. The first-order chi connectivity index (χ1) is 7.99. The molecule has 0 aromatic carbocycles. The Bertz CT molecular complexity index is 496. The molecule has 1 aliphatic rings. The quantitative estimate of drug-likeness (QED) is 0.870. The molecule has 0 radical (unpaired) electrons. The Morgan fingerprint density at radius 3 is 2.88 bits per heavy atom. The predicted octanol–water partition coefficient (Wildman–Crippen LogP) is 0.731. The van der Waals surface area contributed by atoms with Gasteiger partial charge in [0, 0.05) is 13.0 Å². The number of hydrogen-bond acceptors (Lipinski definition) is 4. The lowest BCUT2D eigenvalue weighted by Gasteiger charge is -2.14. The van der Waals surface area contributed by atoms with E-state index in [9.17, 15) is 9.59 Å². The number of carbonyl (C=O) groups excluding carboxylic acids is 2. The van der Waals surface area contributed by atoms with Crippen LogP contribution in [0, 0.1) is 5.92 Å². The smallest absolute Gasteiger partial charge is 0.229 e. The fraction of sp³-hybridized carbons (Fsp3) is 0.333. The summed E-state index contributed by atoms with van der Waals surface area (Å²) in [6, 6.07) is 0. The van der Waals surface area contributed by atoms with E-state index in [2.05, 4.69) is 25.9 Å². The average molecular weight is 320 g/mol. The number of halogens is 2. The molecule has 0 spiro atoms. The summed E-state index contributed by atoms with van der Waals surface area (Å²) in [7, 11) is 0. The van der Waals surface area contributed by atoms with Crippen molar-refractivity contribution in [1.29, 1.82) is 0 Å². The van der Waals surface area contributed by atoms with E-state index in [1.807, 2.05) is 0 Å². The number of primary amides is 1. The SMILES string of the molecule is NC(=O)C1CC(=O)N(c2cnc(Br)c(Cl)n2)C1. The lowest BCUT2D eigenvalue weighted by Crippen LogP contribution is -2.29. The van der Waals surface area contributed by atoms with Gasteiger partial charge in [-0.3, -0.25) is 14.5 Å². The van der Waals surface area contributed by atoms with E-state index in [0.29, 0.717) is 10.4 Å². The molecule has 17 heavy (non-hydrogen) atoms. The van der Waals surface area contributed by atoms with Gasteiger partial charge in [-0.25, -0.2) is 9.97 Å². The minimum atomic E-state index is -0.489. The van der Waals surface area contributed by atoms with Crippen molar-refractivity contribution in [3.8, 4) is 0 Å². The van der Waals surface area contributed by atoms with Gasteiger partial charge in [-0.2, -0.15) is 0 Å². The van der Waals surface area contributed by atoms with Crippen molar-refractivity contribution in [3.63, 3.8) is 0 Å². The highest BCUT2D eigenvalue weighted by molar-refractivity contribution is 9.10. The lowest BCUT2D eigenvalue weighted by molar-refractivity contribution is -0.123. The largest absolute Gasteiger partial charge is 0.369 e. The Kier molecular flexibility index (Phi) is 3.30. The first kappa shape index (κ1) is 12.3. The molecule has 0 saturated carbocycles. The van der Waals surface area contributed by atoms with Crippen molar-refractivity contribution in [2.24, 2.45) is 11.7 Å². The molecule has 1 fully saturated rings. The molecule has 8 heteroatoms. The van der Waals surface area contributed by atoms with Gasteiger partial charge in [-0.15, -0.1) is 0 Å². The van der Waals surface area contributed by atoms with Crippen LogP contribution in [0.1, 0.15) is 6.42 Å². The molecule has 1 aromatic heterocycles. The molecule has 2 rings (SSSR count). The molecule has 2 N–H and O–H groups in total. The van der Waals surface area contributed by atoms with E-state index in [1.165, 1.54) is 11.1 Å². The summed E-state index contributed by atoms with van der Waals surface area (Å²) in [5, 5.41) is 0.165. The van der Waals surface area contributed by atoms with Gasteiger partial charge in [0.05, 0.1) is 12.1 Å². The van der Waals surface area contributed by atoms with Gasteiger partial charge in [-0.05, 0) is 15.9 Å². The topological polar surface area (TPSA) is 89.2 Å². The Morgan fingerprint density at radius 2 is 2.35 bits per heavy atom. The maximum atomic E-state index is 11.7. The van der Waals surface area contributed by atoms with Crippen molar-refractivity contribution < 1.29 is 9.59 Å². The molecular formula is C9H8BrClN4O2. The van der Waals surface area contributed by atoms with Gasteiger partial charge in [0.15, 0.2) is 11.0 Å². The molecule has 6 nitrogen and oxygen atoms in total. The van der Waals surface area contributed by atoms with Crippen LogP contribution in [0.2, 0.25) is 5.15 Å². The second-order valence-corrected chi connectivity index (χ2v) is 4.73. The number of nitrogens with two attached hydrogens (primary N) is 1. The first-order valence-electron chi connectivity index (χ1n) is 4.76. The van der Waals surface area contributed by atoms with Crippen molar-refractivity contribution in [2.75, 3.05) is 11.4 Å². The van der Waals surface area contributed by atoms with Gasteiger partial charge >= 0.3 is 0 Å². The van der Waals surface area contributed by atoms with Crippen molar-refractivity contribution in [2.45, 2.75) is 6.42 Å². The number of amides is 2. The number of anilines is 1. The number of hydrogen-bond donors (Lipinski definition) is 1. The van der Waals surface area contributed by atoms with Gasteiger partial charge in [0.1, 0.15) is 4.60 Å². The van der Waals surface area contributed by atoms with Gasteiger partial charge in [0.2, 0.25) is 11.8 Å². The second kappa shape index (κ2) is 4.58. The van der Waals surface area contributed by atoms with Crippen LogP contribution in [-0.2, 0) is 9.59 Å². The fourth-order valence-corrected chi connectivity index (χ4v) is 1.92. The van der Waals surface area contributed by atoms with Crippen LogP contribution in [0.25, 0.3) is 0 Å². The summed E-state index contributed by atoms with van der Waals surface area (Å²) in [5.41, 5.74) is 5.17. The molecule has 0 bridgehead atoms. The zero-order valence-corrected chi connectivity index (χ0v) is 10.9. The van der Waals surface area contributed by atoms with Crippen molar-refractivity contribution >= 4 is 45.2 Å². The van der Waals surface area contributed by atoms with Crippen LogP contribution in [0.5, 0.6) is 0 Å². The minimum Gasteiger partial charge on any atom is -0.369 e. The molecule has 2 heterocycles. The Hall–Kier alpha value is -1.21. The normalized spacial score (nSPS) is 19.8. The molecule has 1 saturated heterocycles. The van der Waals surface area contributed by atoms with Crippen LogP contribution in [0.4, 0.5) is 5.82 Å². The van der Waals surface area contributed by atoms with E-state index in [-0.39, 0.29) is 24.0 Å². The van der Waals surface area contributed by atoms with Crippen LogP contribution in [0.3, 0.4) is 0 Å². The zero-order valence-electron chi connectivity index (χ0n) is 8.56. The van der Waals surface area contributed by atoms with Gasteiger partial charge < -0.3 is 5.73 Å². The number of aromatic nitrogens is 2. The third-order valence-electron chi connectivity index (χ3n) is 2.48. The highest BCUT2D eigenvalue weighted by atomic mass is 79.9. The molecule has 0 aliphatic carbocycles. The zero-order chi connectivity index (χ0) is 12.6. The Balaban J connectivity index is 2.26. The molecular weight excluding hydrogens is 311 g/mol. The molecule has 1 aliphatic heterocycles. The predicted molar refractivity (Wildman–Crippen MR) is 64.4 cm³/mol. The Morgan fingerprint density at radius 1 is 1.65 bits per heavy atom. The van der Waals surface area contributed by atoms with E-state index in [4.69, 9.17) is 17.3 Å². The van der Waals surface area contributed by atoms with E-state index in [1.54, 1.807) is 0 Å². The molecule has 1 atom stereocenters. The molecule has 2 amide bonds. The summed E-state index contributed by atoms with van der Waals surface area (Å²) in [5.74, 6) is -0.850. The van der Waals surface area contributed by atoms with Crippen molar-refractivity contribution in [3.05, 3.63) is 16.0 Å². The summed E-state index contributed by atoms with van der Waals surface area (Å²) in [6.07, 6.45) is 1.52. The average Bonchev–Trinajstić information content (AvgIpc) is 2.65. The van der Waals surface area contributed by atoms with Crippen LogP contribution < -0.4 is 10.6 Å². The third-order valence-corrected chi connectivity index (χ3v) is 3.55. The van der Waals surface area contributed by atoms with Crippen LogP contribution in [0.15, 0.2) is 10.8 Å². The summed E-state index contributed by atoms with van der Waals surface area (Å²) >= 11 is 8.89. The summed E-state index contributed by atoms with van der Waals surface area (Å²) < 4.78 is 0.404. The third kappa shape index (κ3) is 2.39. The van der Waals surface area contributed by atoms with E-state index in [0.717, 1.165) is 0 Å². The Labute approximate surface area is 110 Å². The van der Waals surface area contributed by atoms with E-state index >= 15 is 0 Å². The second-order valence-electron chi connectivity index (χ2n) is 3.62. The standard InChI is InChI=1S/C9H8BrClN4O2/c10-7-8(11)14-5(2-13-7)15-3-4(9(12)17)1-6(15)16/h2,4H,1,3H2,(H2,12,17). The summed E-state index contributed by atoms with van der Waals surface area (Å²) in [4.78, 5) is 32.0. The monoisotopic (exact) mass is 318 g/mol. The molecule has 90 valence electrons. The maximum absolute atomic E-state index is 11.7. The number of nitrogens with zero attached hydrogens (tertiary/aromatic N) is 3. The van der Waals surface area contributed by atoms with Crippen LogP contribution in [-0.4, -0.2) is 28.3 Å². The minimum absolute atomic E-state index is 0.102. The van der Waals surface area contributed by atoms with Crippen LogP contribution >= 0.6 is 27.5 Å².